The molecule has 0 saturated heterocycles. The number of hydrogen-bond acceptors (Lipinski definition) is 6. The highest BCUT2D eigenvalue weighted by Crippen LogP contribution is 2.55. The van der Waals surface area contributed by atoms with E-state index in [4.69, 9.17) is 9.97 Å². The monoisotopic (exact) mass is 986 g/mol. The second-order valence-electron chi connectivity index (χ2n) is 20.6. The Balaban J connectivity index is 0.757. The van der Waals surface area contributed by atoms with Crippen molar-refractivity contribution in [3.05, 3.63) is 253 Å². The molecule has 0 radical (unpaired) electrons. The van der Waals surface area contributed by atoms with Crippen LogP contribution in [0.25, 0.3) is 75.0 Å². The van der Waals surface area contributed by atoms with Crippen molar-refractivity contribution < 1.29 is 0 Å². The van der Waals surface area contributed by atoms with E-state index >= 15 is 0 Å². The number of rotatable bonds is 7. The Bertz CT molecular complexity index is 3790. The van der Waals surface area contributed by atoms with Gasteiger partial charge in [-0.3, -0.25) is 0 Å². The third-order valence-corrected chi connectivity index (χ3v) is 17.7. The van der Waals surface area contributed by atoms with Crippen molar-refractivity contribution in [2.24, 2.45) is 0 Å². The van der Waals surface area contributed by atoms with E-state index in [1.54, 1.807) is 22.7 Å². The molecule has 10 aromatic carbocycles. The van der Waals surface area contributed by atoms with E-state index in [1.807, 2.05) is 0 Å². The molecule has 0 spiro atoms. The van der Waals surface area contributed by atoms with Crippen molar-refractivity contribution in [3.8, 4) is 54.5 Å². The Morgan fingerprint density at radius 2 is 0.608 bits per heavy atom. The van der Waals surface area contributed by atoms with Crippen LogP contribution in [0.1, 0.15) is 49.9 Å². The zero-order valence-corrected chi connectivity index (χ0v) is 43.2. The van der Waals surface area contributed by atoms with Crippen molar-refractivity contribution in [3.63, 3.8) is 0 Å². The number of nitrogens with zero attached hydrogens (tertiary/aromatic N) is 4. The summed E-state index contributed by atoms with van der Waals surface area (Å²) in [6.07, 6.45) is 0. The Labute approximate surface area is 440 Å². The molecule has 0 fully saturated rings. The van der Waals surface area contributed by atoms with Gasteiger partial charge in [-0.1, -0.05) is 173 Å². The smallest absolute Gasteiger partial charge is 0.124 e. The van der Waals surface area contributed by atoms with Gasteiger partial charge in [-0.2, -0.15) is 0 Å². The van der Waals surface area contributed by atoms with Crippen LogP contribution in [0.3, 0.4) is 0 Å². The number of aromatic nitrogens is 2. The summed E-state index contributed by atoms with van der Waals surface area (Å²) in [7, 11) is 0. The van der Waals surface area contributed by atoms with E-state index in [0.29, 0.717) is 0 Å². The molecule has 12 aromatic rings. The van der Waals surface area contributed by atoms with Crippen LogP contribution in [0.2, 0.25) is 0 Å². The molecule has 74 heavy (non-hydrogen) atoms. The maximum atomic E-state index is 4.91. The molecular weight excluding hydrogens is 937 g/mol. The molecule has 2 aliphatic heterocycles. The molecule has 6 heteroatoms. The van der Waals surface area contributed by atoms with Crippen LogP contribution in [0.4, 0.5) is 34.1 Å². The predicted molar refractivity (Wildman–Crippen MR) is 314 cm³/mol. The molecule has 0 unspecified atom stereocenters. The van der Waals surface area contributed by atoms with Gasteiger partial charge in [-0.25, -0.2) is 9.97 Å². The Hall–Kier alpha value is -8.42. The molecular formula is C68H50N4S2. The fraction of sp³-hybridized carbons (Fsp3) is 0.0882. The first kappa shape index (κ1) is 44.3. The lowest BCUT2D eigenvalue weighted by Crippen LogP contribution is -2.30. The highest BCUT2D eigenvalue weighted by molar-refractivity contribution is 7.22. The normalized spacial score (nSPS) is 14.1. The summed E-state index contributed by atoms with van der Waals surface area (Å²) in [5.74, 6) is 0. The number of para-hydroxylation sites is 4. The highest BCUT2D eigenvalue weighted by atomic mass is 32.1. The molecule has 4 heterocycles. The molecule has 0 amide bonds. The van der Waals surface area contributed by atoms with Crippen LogP contribution in [-0.2, 0) is 10.8 Å². The van der Waals surface area contributed by atoms with Crippen molar-refractivity contribution in [2.75, 3.05) is 9.80 Å². The maximum Gasteiger partial charge on any atom is 0.124 e. The fourth-order valence-corrected chi connectivity index (χ4v) is 13.5. The van der Waals surface area contributed by atoms with E-state index in [-0.39, 0.29) is 10.8 Å². The molecule has 0 N–H and O–H groups in total. The van der Waals surface area contributed by atoms with Gasteiger partial charge in [0.1, 0.15) is 10.0 Å². The lowest BCUT2D eigenvalue weighted by molar-refractivity contribution is 0.632. The lowest BCUT2D eigenvalue weighted by Gasteiger charge is -2.42. The number of thiazole rings is 2. The summed E-state index contributed by atoms with van der Waals surface area (Å²) in [5, 5.41) is 2.10. The summed E-state index contributed by atoms with van der Waals surface area (Å²) in [4.78, 5) is 14.7. The molecule has 14 rings (SSSR count). The van der Waals surface area contributed by atoms with Crippen molar-refractivity contribution >= 4 is 77.2 Å². The van der Waals surface area contributed by atoms with Gasteiger partial charge in [0.05, 0.1) is 43.2 Å². The van der Waals surface area contributed by atoms with Crippen LogP contribution < -0.4 is 9.80 Å². The molecule has 0 bridgehead atoms. The first-order valence-electron chi connectivity index (χ1n) is 25.4. The molecule has 354 valence electrons. The minimum atomic E-state index is -0.209. The molecule has 0 aliphatic carbocycles. The highest BCUT2D eigenvalue weighted by Gasteiger charge is 2.38. The van der Waals surface area contributed by atoms with Crippen LogP contribution >= 0.6 is 22.7 Å². The van der Waals surface area contributed by atoms with Gasteiger partial charge in [-0.15, -0.1) is 22.7 Å². The third-order valence-electron chi connectivity index (χ3n) is 15.6. The standard InChI is InChI=1S/C68H50N4S2/c1-67(2)53-13-5-9-17-59(53)71(61-39-33-49(41-55(61)67)45-21-25-47(26-22-45)65-69-57-15-7-11-19-63(57)73-65)51-35-29-43(30-36-51)44-31-37-52(38-32-44)72-60-18-10-6-14-54(60)68(3,4)56-42-50(34-40-62(56)72)46-23-27-48(28-24-46)66-70-58-16-8-12-20-64(58)74-66/h5-42H,1-4H3. The van der Waals surface area contributed by atoms with E-state index in [9.17, 15) is 0 Å². The van der Waals surface area contributed by atoms with Crippen molar-refractivity contribution in [2.45, 2.75) is 38.5 Å². The zero-order chi connectivity index (χ0) is 49.7. The number of fused-ring (bicyclic) bond motifs is 6. The Morgan fingerprint density at radius 1 is 0.297 bits per heavy atom. The summed E-state index contributed by atoms with van der Waals surface area (Å²) in [6.45, 7) is 9.44. The molecule has 4 nitrogen and oxygen atoms in total. The van der Waals surface area contributed by atoms with Crippen LogP contribution in [-0.4, -0.2) is 9.97 Å². The minimum Gasteiger partial charge on any atom is -0.310 e. The summed E-state index contributed by atoms with van der Waals surface area (Å²) in [6, 6.07) is 84.5. The van der Waals surface area contributed by atoms with Gasteiger partial charge in [0, 0.05) is 33.3 Å². The third kappa shape index (κ3) is 7.23. The second-order valence-corrected chi connectivity index (χ2v) is 22.7. The Kier molecular flexibility index (Phi) is 10.2. The maximum absolute atomic E-state index is 4.91. The van der Waals surface area contributed by atoms with E-state index < -0.39 is 0 Å². The predicted octanol–water partition coefficient (Wildman–Crippen LogP) is 19.5. The van der Waals surface area contributed by atoms with Crippen molar-refractivity contribution in [1.82, 2.24) is 9.97 Å². The molecule has 2 aliphatic rings. The quantitative estimate of drug-likeness (QED) is 0.159. The molecule has 2 aromatic heterocycles. The number of hydrogen-bond donors (Lipinski definition) is 0. The van der Waals surface area contributed by atoms with Gasteiger partial charge >= 0.3 is 0 Å². The first-order chi connectivity index (χ1) is 36.2. The average molecular weight is 987 g/mol. The second kappa shape index (κ2) is 17.1. The van der Waals surface area contributed by atoms with Gasteiger partial charge in [-0.05, 0) is 141 Å². The van der Waals surface area contributed by atoms with Crippen molar-refractivity contribution in [1.29, 1.82) is 0 Å². The minimum absolute atomic E-state index is 0.209. The van der Waals surface area contributed by atoms with E-state index in [2.05, 4.69) is 268 Å². The summed E-state index contributed by atoms with van der Waals surface area (Å²) < 4.78 is 2.42. The van der Waals surface area contributed by atoms with Crippen LogP contribution in [0.15, 0.2) is 231 Å². The van der Waals surface area contributed by atoms with E-state index in [1.165, 1.54) is 87.8 Å². The Morgan fingerprint density at radius 3 is 1.01 bits per heavy atom. The van der Waals surface area contributed by atoms with Crippen LogP contribution in [0.5, 0.6) is 0 Å². The van der Waals surface area contributed by atoms with Gasteiger partial charge in [0.25, 0.3) is 0 Å². The lowest BCUT2D eigenvalue weighted by atomic mass is 9.73. The fourth-order valence-electron chi connectivity index (χ4n) is 11.5. The molecule has 0 saturated carbocycles. The summed E-state index contributed by atoms with van der Waals surface area (Å²) in [5.41, 5.74) is 23.5. The topological polar surface area (TPSA) is 32.3 Å². The van der Waals surface area contributed by atoms with Gasteiger partial charge in [0.2, 0.25) is 0 Å². The number of anilines is 6. The van der Waals surface area contributed by atoms with E-state index in [0.717, 1.165) is 43.6 Å². The largest absolute Gasteiger partial charge is 0.310 e. The van der Waals surface area contributed by atoms with Crippen LogP contribution in [0, 0.1) is 0 Å². The zero-order valence-electron chi connectivity index (χ0n) is 41.5. The molecule has 0 atom stereocenters. The number of benzene rings is 10. The first-order valence-corrected chi connectivity index (χ1v) is 27.0. The summed E-state index contributed by atoms with van der Waals surface area (Å²) >= 11 is 3.49. The van der Waals surface area contributed by atoms with Gasteiger partial charge in [0.15, 0.2) is 0 Å². The van der Waals surface area contributed by atoms with Gasteiger partial charge < -0.3 is 9.80 Å². The average Bonchev–Trinajstić information content (AvgIpc) is 4.10. The SMILES string of the molecule is CC1(C)c2ccccc2N(c2ccc(-c3ccc(N4c5ccccc5C(C)(C)c5cc(-c6ccc(-c7nc8ccccc8s7)cc6)ccc54)cc3)cc2)c2ccc(-c3ccc(-c4nc5ccccc5s4)cc3)cc21.